The summed E-state index contributed by atoms with van der Waals surface area (Å²) in [6.07, 6.45) is 5.62. The average Bonchev–Trinajstić information content (AvgIpc) is 2.85. The molecule has 2 nitrogen and oxygen atoms in total. The lowest BCUT2D eigenvalue weighted by Crippen LogP contribution is -2.03. The Kier molecular flexibility index (Phi) is 3.56. The van der Waals surface area contributed by atoms with Crippen LogP contribution in [0.5, 0.6) is 0 Å². The smallest absolute Gasteiger partial charge is 0.129 e. The molecule has 0 bridgehead atoms. The number of rotatable bonds is 3. The third kappa shape index (κ3) is 2.81. The molecule has 0 saturated heterocycles. The van der Waals surface area contributed by atoms with Gasteiger partial charge in [0.05, 0.1) is 0 Å². The molecule has 1 aromatic carbocycles. The van der Waals surface area contributed by atoms with Gasteiger partial charge in [-0.15, -0.1) is 0 Å². The van der Waals surface area contributed by atoms with Gasteiger partial charge in [0.15, 0.2) is 0 Å². The van der Waals surface area contributed by atoms with Crippen molar-refractivity contribution in [3.8, 4) is 0 Å². The first-order valence-electron chi connectivity index (χ1n) is 6.69. The predicted octanol–water partition coefficient (Wildman–Crippen LogP) is 4.25. The zero-order valence-electron chi connectivity index (χ0n) is 11.0. The molecule has 0 aliphatic heterocycles. The summed E-state index contributed by atoms with van der Waals surface area (Å²) in [5.74, 6) is 0.962. The highest BCUT2D eigenvalue weighted by Crippen LogP contribution is 2.23. The summed E-state index contributed by atoms with van der Waals surface area (Å²) in [7, 11) is 0. The van der Waals surface area contributed by atoms with E-state index >= 15 is 0 Å². The molecule has 1 aliphatic rings. The number of benzene rings is 1. The first kappa shape index (κ1) is 12.7. The summed E-state index contributed by atoms with van der Waals surface area (Å²) in [5, 5.41) is 3.42. The van der Waals surface area contributed by atoms with Crippen LogP contribution in [0.3, 0.4) is 0 Å². The van der Waals surface area contributed by atoms with Crippen LogP contribution in [-0.4, -0.2) is 4.98 Å². The monoisotopic (exact) mass is 316 g/mol. The number of nitrogens with zero attached hydrogens (tertiary/aromatic N) is 1. The molecule has 1 aliphatic carbocycles. The SMILES string of the molecule is Cc1cc(Br)cnc1NCc1ccc2c(c1)CCC2. The lowest BCUT2D eigenvalue weighted by atomic mass is 10.1. The normalized spacial score (nSPS) is 13.4. The second kappa shape index (κ2) is 5.33. The third-order valence-corrected chi connectivity index (χ3v) is 4.10. The van der Waals surface area contributed by atoms with E-state index in [0.29, 0.717) is 0 Å². The molecule has 98 valence electrons. The van der Waals surface area contributed by atoms with E-state index in [4.69, 9.17) is 0 Å². The van der Waals surface area contributed by atoms with Gasteiger partial charge in [-0.1, -0.05) is 18.2 Å². The molecule has 3 rings (SSSR count). The molecule has 19 heavy (non-hydrogen) atoms. The topological polar surface area (TPSA) is 24.9 Å². The van der Waals surface area contributed by atoms with Crippen molar-refractivity contribution in [2.45, 2.75) is 32.7 Å². The summed E-state index contributed by atoms with van der Waals surface area (Å²) in [6.45, 7) is 2.91. The van der Waals surface area contributed by atoms with Crippen LogP contribution in [0.25, 0.3) is 0 Å². The molecule has 0 saturated carbocycles. The summed E-state index contributed by atoms with van der Waals surface area (Å²) >= 11 is 3.44. The van der Waals surface area contributed by atoms with Gasteiger partial charge in [-0.25, -0.2) is 4.98 Å². The Balaban J connectivity index is 1.72. The van der Waals surface area contributed by atoms with E-state index in [1.807, 2.05) is 6.20 Å². The van der Waals surface area contributed by atoms with E-state index in [1.54, 1.807) is 0 Å². The fourth-order valence-electron chi connectivity index (χ4n) is 2.65. The third-order valence-electron chi connectivity index (χ3n) is 3.67. The van der Waals surface area contributed by atoms with Crippen LogP contribution in [0.2, 0.25) is 0 Å². The van der Waals surface area contributed by atoms with Gasteiger partial charge in [-0.05, 0) is 70.4 Å². The van der Waals surface area contributed by atoms with Gasteiger partial charge in [-0.2, -0.15) is 0 Å². The number of aryl methyl sites for hydroxylation is 3. The van der Waals surface area contributed by atoms with Crippen LogP contribution in [0.4, 0.5) is 5.82 Å². The van der Waals surface area contributed by atoms with E-state index in [2.05, 4.69) is 57.4 Å². The van der Waals surface area contributed by atoms with Crippen LogP contribution in [0.1, 0.15) is 28.7 Å². The molecular weight excluding hydrogens is 300 g/mol. The van der Waals surface area contributed by atoms with E-state index < -0.39 is 0 Å². The maximum atomic E-state index is 4.41. The number of aromatic nitrogens is 1. The highest BCUT2D eigenvalue weighted by Gasteiger charge is 2.10. The van der Waals surface area contributed by atoms with Gasteiger partial charge < -0.3 is 5.32 Å². The van der Waals surface area contributed by atoms with Crippen molar-refractivity contribution in [3.63, 3.8) is 0 Å². The largest absolute Gasteiger partial charge is 0.366 e. The lowest BCUT2D eigenvalue weighted by molar-refractivity contribution is 0.911. The number of nitrogens with one attached hydrogen (secondary N) is 1. The molecule has 3 heteroatoms. The number of hydrogen-bond donors (Lipinski definition) is 1. The molecule has 2 aromatic rings. The summed E-state index contributed by atoms with van der Waals surface area (Å²) in [6, 6.07) is 8.92. The Bertz CT molecular complexity index is 608. The lowest BCUT2D eigenvalue weighted by Gasteiger charge is -2.10. The predicted molar refractivity (Wildman–Crippen MR) is 82.5 cm³/mol. The molecule has 1 aromatic heterocycles. The van der Waals surface area contributed by atoms with Gasteiger partial charge in [0.25, 0.3) is 0 Å². The second-order valence-corrected chi connectivity index (χ2v) is 6.04. The van der Waals surface area contributed by atoms with E-state index in [-0.39, 0.29) is 0 Å². The molecule has 0 unspecified atom stereocenters. The van der Waals surface area contributed by atoms with E-state index in [1.165, 1.54) is 36.0 Å². The Morgan fingerprint density at radius 3 is 2.89 bits per heavy atom. The molecule has 0 fully saturated rings. The van der Waals surface area contributed by atoms with Gasteiger partial charge in [0.2, 0.25) is 0 Å². The number of pyridine rings is 1. The van der Waals surface area contributed by atoms with Crippen LogP contribution in [0, 0.1) is 6.92 Å². The van der Waals surface area contributed by atoms with Gasteiger partial charge in [0.1, 0.15) is 5.82 Å². The molecular formula is C16H17BrN2. The van der Waals surface area contributed by atoms with Crippen LogP contribution in [-0.2, 0) is 19.4 Å². The number of anilines is 1. The van der Waals surface area contributed by atoms with Crippen molar-refractivity contribution in [2.75, 3.05) is 5.32 Å². The maximum Gasteiger partial charge on any atom is 0.129 e. The van der Waals surface area contributed by atoms with Gasteiger partial charge in [0, 0.05) is 17.2 Å². The summed E-state index contributed by atoms with van der Waals surface area (Å²) in [4.78, 5) is 4.41. The standard InChI is InChI=1S/C16H17BrN2/c1-11-7-15(17)10-19-16(11)18-9-12-5-6-13-3-2-4-14(13)8-12/h5-8,10H,2-4,9H2,1H3,(H,18,19). The summed E-state index contributed by atoms with van der Waals surface area (Å²) < 4.78 is 1.02. The van der Waals surface area contributed by atoms with E-state index in [9.17, 15) is 0 Å². The number of fused-ring (bicyclic) bond motifs is 1. The molecule has 0 amide bonds. The number of hydrogen-bond acceptors (Lipinski definition) is 2. The molecule has 0 spiro atoms. The quantitative estimate of drug-likeness (QED) is 0.915. The Morgan fingerprint density at radius 2 is 2.05 bits per heavy atom. The Hall–Kier alpha value is -1.35. The minimum absolute atomic E-state index is 0.836. The van der Waals surface area contributed by atoms with E-state index in [0.717, 1.165) is 22.4 Å². The van der Waals surface area contributed by atoms with Gasteiger partial charge in [-0.3, -0.25) is 0 Å². The zero-order chi connectivity index (χ0) is 13.2. The Labute approximate surface area is 122 Å². The minimum Gasteiger partial charge on any atom is -0.366 e. The Morgan fingerprint density at radius 1 is 1.21 bits per heavy atom. The molecule has 1 N–H and O–H groups in total. The average molecular weight is 317 g/mol. The molecule has 1 heterocycles. The van der Waals surface area contributed by atoms with Crippen LogP contribution >= 0.6 is 15.9 Å². The van der Waals surface area contributed by atoms with Crippen molar-refractivity contribution in [2.24, 2.45) is 0 Å². The highest BCUT2D eigenvalue weighted by molar-refractivity contribution is 9.10. The number of halogens is 1. The molecule has 0 radical (unpaired) electrons. The van der Waals surface area contributed by atoms with Crippen LogP contribution in [0.15, 0.2) is 34.9 Å². The van der Waals surface area contributed by atoms with Crippen molar-refractivity contribution in [1.82, 2.24) is 4.98 Å². The first-order chi connectivity index (χ1) is 9.22. The van der Waals surface area contributed by atoms with Gasteiger partial charge >= 0.3 is 0 Å². The highest BCUT2D eigenvalue weighted by atomic mass is 79.9. The van der Waals surface area contributed by atoms with Crippen molar-refractivity contribution >= 4 is 21.7 Å². The van der Waals surface area contributed by atoms with Crippen molar-refractivity contribution < 1.29 is 0 Å². The molecule has 0 atom stereocenters. The first-order valence-corrected chi connectivity index (χ1v) is 7.48. The zero-order valence-corrected chi connectivity index (χ0v) is 12.6. The summed E-state index contributed by atoms with van der Waals surface area (Å²) in [5.41, 5.74) is 5.56. The van der Waals surface area contributed by atoms with Crippen LogP contribution < -0.4 is 5.32 Å². The second-order valence-electron chi connectivity index (χ2n) is 5.13. The van der Waals surface area contributed by atoms with Crippen molar-refractivity contribution in [1.29, 1.82) is 0 Å². The minimum atomic E-state index is 0.836. The maximum absolute atomic E-state index is 4.41. The van der Waals surface area contributed by atoms with Crippen molar-refractivity contribution in [3.05, 3.63) is 57.2 Å². The fourth-order valence-corrected chi connectivity index (χ4v) is 3.09. The fraction of sp³-hybridized carbons (Fsp3) is 0.312.